The number of aromatic amines is 1. The molecule has 0 spiro atoms. The molecule has 2 rings (SSSR count). The molecule has 1 aromatic carbocycles. The van der Waals surface area contributed by atoms with Gasteiger partial charge in [0, 0.05) is 0 Å². The summed E-state index contributed by atoms with van der Waals surface area (Å²) in [5.74, 6) is -2.94. The fraction of sp³-hybridized carbons (Fsp3) is 0.154. The molecule has 7 heteroatoms. The van der Waals surface area contributed by atoms with Crippen molar-refractivity contribution in [2.75, 3.05) is 0 Å². The van der Waals surface area contributed by atoms with E-state index in [1.54, 1.807) is 6.07 Å². The van der Waals surface area contributed by atoms with E-state index in [-0.39, 0.29) is 22.7 Å². The van der Waals surface area contributed by atoms with Crippen LogP contribution in [0.4, 0.5) is 4.39 Å². The minimum absolute atomic E-state index is 0.0776. The van der Waals surface area contributed by atoms with Crippen LogP contribution in [0.1, 0.15) is 17.2 Å². The number of carboxylic acid groups (broad SMARTS) is 1. The number of carboxylic acids is 1. The van der Waals surface area contributed by atoms with Crippen molar-refractivity contribution in [2.45, 2.75) is 12.3 Å². The zero-order valence-corrected chi connectivity index (χ0v) is 10.9. The van der Waals surface area contributed by atoms with Crippen molar-refractivity contribution in [3.05, 3.63) is 63.0 Å². The largest absolute Gasteiger partial charge is 0.481 e. The second kappa shape index (κ2) is 5.83. The molecule has 0 aliphatic carbocycles. The highest BCUT2D eigenvalue weighted by Crippen LogP contribution is 2.24. The van der Waals surface area contributed by atoms with E-state index in [2.05, 4.69) is 9.97 Å². The summed E-state index contributed by atoms with van der Waals surface area (Å²) < 4.78 is 13.6. The van der Waals surface area contributed by atoms with Crippen LogP contribution in [0.3, 0.4) is 0 Å². The first kappa shape index (κ1) is 14.2. The lowest BCUT2D eigenvalue weighted by Crippen LogP contribution is -2.21. The van der Waals surface area contributed by atoms with Crippen molar-refractivity contribution in [1.29, 1.82) is 0 Å². The van der Waals surface area contributed by atoms with E-state index in [1.807, 2.05) is 0 Å². The van der Waals surface area contributed by atoms with Crippen LogP contribution in [0.5, 0.6) is 0 Å². The third kappa shape index (κ3) is 2.85. The summed E-state index contributed by atoms with van der Waals surface area (Å²) in [4.78, 5) is 28.8. The number of nitrogens with zero attached hydrogens (tertiary/aromatic N) is 1. The average Bonchev–Trinajstić information content (AvgIpc) is 2.41. The molecule has 1 atom stereocenters. The normalized spacial score (nSPS) is 12.1. The van der Waals surface area contributed by atoms with Gasteiger partial charge in [-0.3, -0.25) is 9.59 Å². The molecular formula is C13H10ClFN2O3. The Labute approximate surface area is 118 Å². The number of nitrogens with one attached hydrogen (secondary N) is 1. The van der Waals surface area contributed by atoms with Gasteiger partial charge in [0.25, 0.3) is 5.56 Å². The molecule has 1 heterocycles. The van der Waals surface area contributed by atoms with Gasteiger partial charge in [-0.15, -0.1) is 0 Å². The van der Waals surface area contributed by atoms with Gasteiger partial charge >= 0.3 is 5.97 Å². The van der Waals surface area contributed by atoms with Gasteiger partial charge in [0.2, 0.25) is 0 Å². The van der Waals surface area contributed by atoms with Crippen molar-refractivity contribution in [1.82, 2.24) is 9.97 Å². The van der Waals surface area contributed by atoms with Crippen molar-refractivity contribution in [3.8, 4) is 0 Å². The van der Waals surface area contributed by atoms with Gasteiger partial charge in [-0.1, -0.05) is 29.8 Å². The minimum atomic E-state index is -1.23. The number of rotatable bonds is 4. The SMILES string of the molecule is O=C(O)C(Cc1ccccc1F)c1nc[nH]c(=O)c1Cl. The molecule has 1 unspecified atom stereocenters. The van der Waals surface area contributed by atoms with Crippen LogP contribution in [0.15, 0.2) is 35.4 Å². The number of aliphatic carboxylic acids is 1. The summed E-state index contributed by atoms with van der Waals surface area (Å²) in [6.45, 7) is 0. The smallest absolute Gasteiger partial charge is 0.312 e. The Balaban J connectivity index is 2.43. The highest BCUT2D eigenvalue weighted by Gasteiger charge is 2.26. The maximum Gasteiger partial charge on any atom is 0.312 e. The summed E-state index contributed by atoms with van der Waals surface area (Å²) in [6.07, 6.45) is 0.930. The Hall–Kier alpha value is -2.21. The predicted octanol–water partition coefficient (Wildman–Crippen LogP) is 1.97. The van der Waals surface area contributed by atoms with Gasteiger partial charge < -0.3 is 10.1 Å². The number of carbonyl (C=O) groups is 1. The highest BCUT2D eigenvalue weighted by atomic mass is 35.5. The van der Waals surface area contributed by atoms with Crippen LogP contribution in [-0.2, 0) is 11.2 Å². The van der Waals surface area contributed by atoms with E-state index in [1.165, 1.54) is 18.2 Å². The maximum atomic E-state index is 13.6. The Morgan fingerprint density at radius 1 is 1.45 bits per heavy atom. The van der Waals surface area contributed by atoms with Crippen molar-refractivity contribution < 1.29 is 14.3 Å². The average molecular weight is 297 g/mol. The number of benzene rings is 1. The summed E-state index contributed by atoms with van der Waals surface area (Å²) >= 11 is 5.77. The molecule has 0 radical (unpaired) electrons. The number of H-pyrrole nitrogens is 1. The van der Waals surface area contributed by atoms with Crippen LogP contribution in [0, 0.1) is 5.82 Å². The Morgan fingerprint density at radius 3 is 2.80 bits per heavy atom. The second-order valence-corrected chi connectivity index (χ2v) is 4.50. The molecule has 0 saturated heterocycles. The van der Waals surface area contributed by atoms with Crippen LogP contribution in [0.25, 0.3) is 0 Å². The van der Waals surface area contributed by atoms with E-state index in [9.17, 15) is 19.1 Å². The zero-order chi connectivity index (χ0) is 14.7. The van der Waals surface area contributed by atoms with E-state index in [0.717, 1.165) is 6.33 Å². The first-order chi connectivity index (χ1) is 9.50. The van der Waals surface area contributed by atoms with Gasteiger partial charge in [-0.2, -0.15) is 0 Å². The number of halogens is 2. The Kier molecular flexibility index (Phi) is 4.14. The molecule has 1 aromatic heterocycles. The molecule has 0 bridgehead atoms. The predicted molar refractivity (Wildman–Crippen MR) is 70.3 cm³/mol. The number of hydrogen-bond donors (Lipinski definition) is 2. The molecule has 0 fully saturated rings. The van der Waals surface area contributed by atoms with Crippen LogP contribution >= 0.6 is 11.6 Å². The van der Waals surface area contributed by atoms with E-state index >= 15 is 0 Å². The van der Waals surface area contributed by atoms with Crippen molar-refractivity contribution in [2.24, 2.45) is 0 Å². The van der Waals surface area contributed by atoms with Gasteiger partial charge in [0.15, 0.2) is 0 Å². The third-order valence-electron chi connectivity index (χ3n) is 2.83. The van der Waals surface area contributed by atoms with Crippen LogP contribution in [-0.4, -0.2) is 21.0 Å². The van der Waals surface area contributed by atoms with Crippen molar-refractivity contribution in [3.63, 3.8) is 0 Å². The van der Waals surface area contributed by atoms with Crippen molar-refractivity contribution >= 4 is 17.6 Å². The molecule has 0 amide bonds. The van der Waals surface area contributed by atoms with Gasteiger partial charge in [0.1, 0.15) is 16.8 Å². The maximum absolute atomic E-state index is 13.6. The summed E-state index contributed by atoms with van der Waals surface area (Å²) in [5, 5.41) is 8.97. The Bertz CT molecular complexity index is 702. The zero-order valence-electron chi connectivity index (χ0n) is 10.1. The lowest BCUT2D eigenvalue weighted by atomic mass is 9.95. The third-order valence-corrected chi connectivity index (χ3v) is 3.20. The monoisotopic (exact) mass is 296 g/mol. The van der Waals surface area contributed by atoms with E-state index in [4.69, 9.17) is 11.6 Å². The summed E-state index contributed by atoms with van der Waals surface area (Å²) in [5.41, 5.74) is -0.485. The molecule has 2 aromatic rings. The first-order valence-corrected chi connectivity index (χ1v) is 6.07. The van der Waals surface area contributed by atoms with Gasteiger partial charge in [0.05, 0.1) is 12.0 Å². The van der Waals surface area contributed by atoms with Gasteiger partial charge in [-0.25, -0.2) is 9.37 Å². The van der Waals surface area contributed by atoms with E-state index in [0.29, 0.717) is 0 Å². The summed E-state index contributed by atoms with van der Waals surface area (Å²) in [6, 6.07) is 5.82. The lowest BCUT2D eigenvalue weighted by molar-refractivity contribution is -0.138. The van der Waals surface area contributed by atoms with E-state index < -0.39 is 23.3 Å². The molecule has 2 N–H and O–H groups in total. The topological polar surface area (TPSA) is 83.0 Å². The minimum Gasteiger partial charge on any atom is -0.481 e. The fourth-order valence-electron chi connectivity index (χ4n) is 1.82. The molecule has 0 saturated carbocycles. The number of aromatic nitrogens is 2. The summed E-state index contributed by atoms with van der Waals surface area (Å²) in [7, 11) is 0. The van der Waals surface area contributed by atoms with Crippen LogP contribution < -0.4 is 5.56 Å². The molecule has 5 nitrogen and oxygen atoms in total. The standard InChI is InChI=1S/C13H10ClFN2O3/c14-10-11(16-6-17-12(10)18)8(13(19)20)5-7-3-1-2-4-9(7)15/h1-4,6,8H,5H2,(H,19,20)(H,16,17,18). The fourth-order valence-corrected chi connectivity index (χ4v) is 2.06. The highest BCUT2D eigenvalue weighted by molar-refractivity contribution is 6.31. The second-order valence-electron chi connectivity index (χ2n) is 4.12. The first-order valence-electron chi connectivity index (χ1n) is 5.70. The van der Waals surface area contributed by atoms with Crippen LogP contribution in [0.2, 0.25) is 5.02 Å². The molecule has 20 heavy (non-hydrogen) atoms. The Morgan fingerprint density at radius 2 is 2.15 bits per heavy atom. The molecule has 104 valence electrons. The lowest BCUT2D eigenvalue weighted by Gasteiger charge is -2.13. The molecular weight excluding hydrogens is 287 g/mol. The number of hydrogen-bond acceptors (Lipinski definition) is 3. The molecule has 0 aliphatic rings. The van der Waals surface area contributed by atoms with Gasteiger partial charge in [-0.05, 0) is 18.1 Å². The quantitative estimate of drug-likeness (QED) is 0.903. The molecule has 0 aliphatic heterocycles.